The van der Waals surface area contributed by atoms with E-state index in [1.807, 2.05) is 11.8 Å². The molecule has 4 nitrogen and oxygen atoms in total. The van der Waals surface area contributed by atoms with Gasteiger partial charge in [-0.2, -0.15) is 4.57 Å². The maximum absolute atomic E-state index is 2.43. The van der Waals surface area contributed by atoms with Gasteiger partial charge in [-0.15, -0.1) is 0 Å². The van der Waals surface area contributed by atoms with Gasteiger partial charge in [0.1, 0.15) is 0 Å². The predicted octanol–water partition coefficient (Wildman–Crippen LogP) is 5.09. The van der Waals surface area contributed by atoms with E-state index < -0.39 is 0 Å². The molecule has 174 valence electrons. The van der Waals surface area contributed by atoms with E-state index in [-0.39, 0.29) is 0 Å². The van der Waals surface area contributed by atoms with E-state index in [0.717, 1.165) is 17.6 Å². The van der Waals surface area contributed by atoms with E-state index in [9.17, 15) is 0 Å². The lowest BCUT2D eigenvalue weighted by atomic mass is 10.1. The number of rotatable bonds is 9. The number of quaternary nitrogens is 1. The van der Waals surface area contributed by atoms with Gasteiger partial charge < -0.3 is 14.3 Å². The summed E-state index contributed by atoms with van der Waals surface area (Å²) in [4.78, 5) is 5.90. The zero-order valence-corrected chi connectivity index (χ0v) is 21.6. The average Bonchev–Trinajstić information content (AvgIpc) is 3.10. The lowest BCUT2D eigenvalue weighted by Gasteiger charge is -2.30. The fourth-order valence-electron chi connectivity index (χ4n) is 4.60. The Labute approximate surface area is 203 Å². The van der Waals surface area contributed by atoms with Gasteiger partial charge in [-0.05, 0) is 43.9 Å². The first-order chi connectivity index (χ1) is 15.8. The van der Waals surface area contributed by atoms with Gasteiger partial charge in [-0.3, -0.25) is 0 Å². The summed E-state index contributed by atoms with van der Waals surface area (Å²) in [6, 6.07) is 19.7. The predicted molar refractivity (Wildman–Crippen MR) is 142 cm³/mol. The van der Waals surface area contributed by atoms with Crippen LogP contribution in [0.25, 0.3) is 17.0 Å². The molecule has 0 saturated carbocycles. The first-order valence-electron chi connectivity index (χ1n) is 11.9. The summed E-state index contributed by atoms with van der Waals surface area (Å²) in [5.41, 5.74) is 3.88. The molecule has 0 aliphatic carbocycles. The van der Waals surface area contributed by atoms with Crippen molar-refractivity contribution < 1.29 is 9.05 Å². The Morgan fingerprint density at radius 3 is 2.48 bits per heavy atom. The Kier molecular flexibility index (Phi) is 7.42. The molecule has 3 aromatic rings. The van der Waals surface area contributed by atoms with Crippen molar-refractivity contribution in [3.63, 3.8) is 0 Å². The molecule has 2 heterocycles. The highest BCUT2D eigenvalue weighted by Gasteiger charge is 2.22. The quantitative estimate of drug-likeness (QED) is 0.324. The van der Waals surface area contributed by atoms with E-state index >= 15 is 0 Å². The molecule has 0 spiro atoms. The lowest BCUT2D eigenvalue weighted by Crippen LogP contribution is -2.44. The Morgan fingerprint density at radius 1 is 0.970 bits per heavy atom. The minimum Gasteiger partial charge on any atom is -0.338 e. The highest BCUT2D eigenvalue weighted by atomic mass is 32.2. The van der Waals surface area contributed by atoms with Crippen molar-refractivity contribution in [3.05, 3.63) is 71.4 Å². The molecule has 0 atom stereocenters. The number of aromatic nitrogens is 1. The van der Waals surface area contributed by atoms with Crippen molar-refractivity contribution in [1.82, 2.24) is 4.90 Å². The average molecular weight is 463 g/mol. The topological polar surface area (TPSA) is 10.4 Å². The maximum atomic E-state index is 2.43. The molecule has 2 aromatic carbocycles. The molecule has 1 aliphatic heterocycles. The van der Waals surface area contributed by atoms with E-state index in [0.29, 0.717) is 0 Å². The molecular weight excluding hydrogens is 424 g/mol. The van der Waals surface area contributed by atoms with Crippen LogP contribution in [-0.4, -0.2) is 64.3 Å². The summed E-state index contributed by atoms with van der Waals surface area (Å²) in [5.74, 6) is 0. The number of benzene rings is 2. The number of fused-ring (bicyclic) bond motifs is 2. The van der Waals surface area contributed by atoms with Gasteiger partial charge in [0.2, 0.25) is 5.52 Å². The molecule has 0 unspecified atom stereocenters. The van der Waals surface area contributed by atoms with Crippen LogP contribution in [0.15, 0.2) is 70.7 Å². The second-order valence-corrected chi connectivity index (χ2v) is 11.0. The SMILES string of the molecule is CN(C)CCC[N+](C)(C)CCC[n+]1ccc(/C=C2\Sc3ccccc3N2C)c2ccccc21. The van der Waals surface area contributed by atoms with Crippen molar-refractivity contribution in [2.24, 2.45) is 0 Å². The second-order valence-electron chi connectivity index (χ2n) is 9.99. The van der Waals surface area contributed by atoms with Gasteiger partial charge in [-0.25, -0.2) is 0 Å². The summed E-state index contributed by atoms with van der Waals surface area (Å²) in [5, 5.41) is 2.59. The van der Waals surface area contributed by atoms with Gasteiger partial charge in [-0.1, -0.05) is 36.0 Å². The highest BCUT2D eigenvalue weighted by molar-refractivity contribution is 8.03. The molecular formula is C28H38N4S+2. The smallest absolute Gasteiger partial charge is 0.213 e. The number of thioether (sulfide) groups is 1. The molecule has 1 aromatic heterocycles. The maximum Gasteiger partial charge on any atom is 0.213 e. The monoisotopic (exact) mass is 462 g/mol. The van der Waals surface area contributed by atoms with Crippen LogP contribution in [0, 0.1) is 0 Å². The third-order valence-corrected chi connectivity index (χ3v) is 7.71. The number of aryl methyl sites for hydroxylation is 1. The standard InChI is InChI=1S/C28H38N4S/c1-29(2)17-10-20-32(4,5)21-11-18-31-19-16-23(24-12-6-7-13-25(24)31)22-28-30(3)26-14-8-9-15-27(26)33-28/h6-9,12-16,19,22H,10-11,17-18,20-21H2,1-5H3/q+2. The molecule has 1 aliphatic rings. The number of hydrogen-bond donors (Lipinski definition) is 0. The Bertz CT molecular complexity index is 1140. The van der Waals surface area contributed by atoms with Crippen LogP contribution in [-0.2, 0) is 6.54 Å². The molecule has 0 radical (unpaired) electrons. The van der Waals surface area contributed by atoms with Crippen molar-refractivity contribution >= 4 is 34.4 Å². The van der Waals surface area contributed by atoms with E-state index in [1.165, 1.54) is 58.0 Å². The van der Waals surface area contributed by atoms with Gasteiger partial charge in [0.05, 0.1) is 49.7 Å². The molecule has 0 amide bonds. The Balaban J connectivity index is 1.49. The fourth-order valence-corrected chi connectivity index (χ4v) is 5.71. The van der Waals surface area contributed by atoms with E-state index in [4.69, 9.17) is 0 Å². The minimum atomic E-state index is 1.05. The van der Waals surface area contributed by atoms with Crippen molar-refractivity contribution in [1.29, 1.82) is 0 Å². The number of pyridine rings is 1. The molecule has 0 bridgehead atoms. The lowest BCUT2D eigenvalue weighted by molar-refractivity contribution is -0.892. The highest BCUT2D eigenvalue weighted by Crippen LogP contribution is 2.45. The molecule has 5 heteroatoms. The zero-order chi connectivity index (χ0) is 23.4. The first kappa shape index (κ1) is 23.8. The molecule has 33 heavy (non-hydrogen) atoms. The number of nitrogens with zero attached hydrogens (tertiary/aromatic N) is 4. The van der Waals surface area contributed by atoms with Gasteiger partial charge in [0.25, 0.3) is 0 Å². The number of hydrogen-bond acceptors (Lipinski definition) is 3. The summed E-state index contributed by atoms with van der Waals surface area (Å²) in [7, 11) is 11.2. The normalized spacial score (nSPS) is 15.1. The fraction of sp³-hybridized carbons (Fsp3) is 0.393. The number of para-hydroxylation sites is 2. The minimum absolute atomic E-state index is 1.05. The van der Waals surface area contributed by atoms with Crippen LogP contribution in [0.1, 0.15) is 18.4 Å². The molecule has 0 N–H and O–H groups in total. The van der Waals surface area contributed by atoms with Crippen molar-refractivity contribution in [3.8, 4) is 0 Å². The third-order valence-electron chi connectivity index (χ3n) is 6.54. The van der Waals surface area contributed by atoms with Gasteiger partial charge >= 0.3 is 0 Å². The zero-order valence-electron chi connectivity index (χ0n) is 20.8. The summed E-state index contributed by atoms with van der Waals surface area (Å²) in [6.07, 6.45) is 7.03. The van der Waals surface area contributed by atoms with Crippen LogP contribution < -0.4 is 9.47 Å². The molecule has 0 saturated heterocycles. The van der Waals surface area contributed by atoms with E-state index in [2.05, 4.69) is 116 Å². The van der Waals surface area contributed by atoms with Gasteiger partial charge in [0, 0.05) is 37.0 Å². The van der Waals surface area contributed by atoms with E-state index in [1.54, 1.807) is 0 Å². The van der Waals surface area contributed by atoms with Crippen LogP contribution in [0.2, 0.25) is 0 Å². The van der Waals surface area contributed by atoms with Crippen molar-refractivity contribution in [2.45, 2.75) is 24.3 Å². The Hall–Kier alpha value is -2.34. The summed E-state index contributed by atoms with van der Waals surface area (Å²) >= 11 is 1.85. The van der Waals surface area contributed by atoms with Crippen LogP contribution in [0.4, 0.5) is 5.69 Å². The number of anilines is 1. The summed E-state index contributed by atoms with van der Waals surface area (Å²) < 4.78 is 3.51. The summed E-state index contributed by atoms with van der Waals surface area (Å²) in [6.45, 7) is 4.63. The second kappa shape index (κ2) is 10.3. The molecule has 4 rings (SSSR count). The Morgan fingerprint density at radius 2 is 1.70 bits per heavy atom. The van der Waals surface area contributed by atoms with Crippen LogP contribution in [0.3, 0.4) is 0 Å². The largest absolute Gasteiger partial charge is 0.338 e. The van der Waals surface area contributed by atoms with Crippen molar-refractivity contribution in [2.75, 3.05) is 59.8 Å². The van der Waals surface area contributed by atoms with Crippen LogP contribution in [0.5, 0.6) is 0 Å². The van der Waals surface area contributed by atoms with Gasteiger partial charge in [0.15, 0.2) is 12.7 Å². The first-order valence-corrected chi connectivity index (χ1v) is 12.8. The molecule has 0 fully saturated rings. The third kappa shape index (κ3) is 5.78. The van der Waals surface area contributed by atoms with Crippen LogP contribution >= 0.6 is 11.8 Å².